The third kappa shape index (κ3) is 3.85. The number of nitrogens with zero attached hydrogens (tertiary/aromatic N) is 3. The van der Waals surface area contributed by atoms with Crippen molar-refractivity contribution in [1.29, 1.82) is 0 Å². The van der Waals surface area contributed by atoms with Crippen LogP contribution in [0.2, 0.25) is 0 Å². The van der Waals surface area contributed by atoms with Gasteiger partial charge in [0.25, 0.3) is 0 Å². The minimum absolute atomic E-state index is 0.0914. The molecule has 7 nitrogen and oxygen atoms in total. The zero-order valence-electron chi connectivity index (χ0n) is 12.5. The lowest BCUT2D eigenvalue weighted by Crippen LogP contribution is -2.43. The maximum absolute atomic E-state index is 12.5. The molecule has 3 N–H and O–H groups in total. The molecule has 0 radical (unpaired) electrons. The smallest absolute Gasteiger partial charge is 0.240 e. The van der Waals surface area contributed by atoms with Crippen LogP contribution in [-0.4, -0.2) is 34.6 Å². The molecule has 0 spiro atoms. The summed E-state index contributed by atoms with van der Waals surface area (Å²) in [7, 11) is -3.52. The van der Waals surface area contributed by atoms with Crippen LogP contribution in [0.15, 0.2) is 46.7 Å². The Kier molecular flexibility index (Phi) is 4.88. The number of nitrogens with one attached hydrogen (secondary N) is 1. The van der Waals surface area contributed by atoms with Gasteiger partial charge in [-0.05, 0) is 25.0 Å². The second kappa shape index (κ2) is 6.90. The normalized spacial score (nSPS) is 22.1. The van der Waals surface area contributed by atoms with E-state index in [1.807, 2.05) is 0 Å². The first-order valence-corrected chi connectivity index (χ1v) is 9.82. The fourth-order valence-electron chi connectivity index (χ4n) is 2.69. The molecule has 0 aliphatic heterocycles. The third-order valence-electron chi connectivity index (χ3n) is 3.86. The van der Waals surface area contributed by atoms with Crippen LogP contribution in [0.4, 0.5) is 0 Å². The van der Waals surface area contributed by atoms with E-state index in [4.69, 9.17) is 5.84 Å². The molecule has 9 heteroatoms. The van der Waals surface area contributed by atoms with Crippen molar-refractivity contribution >= 4 is 21.8 Å². The zero-order valence-corrected chi connectivity index (χ0v) is 14.1. The monoisotopic (exact) mass is 353 g/mol. The van der Waals surface area contributed by atoms with Gasteiger partial charge in [-0.3, -0.25) is 0 Å². The van der Waals surface area contributed by atoms with Crippen LogP contribution >= 0.6 is 11.8 Å². The maximum Gasteiger partial charge on any atom is 0.240 e. The van der Waals surface area contributed by atoms with E-state index in [0.29, 0.717) is 5.16 Å². The van der Waals surface area contributed by atoms with E-state index in [1.54, 1.807) is 30.3 Å². The highest BCUT2D eigenvalue weighted by molar-refractivity contribution is 7.99. The summed E-state index contributed by atoms with van der Waals surface area (Å²) < 4.78 is 29.3. The van der Waals surface area contributed by atoms with Crippen LogP contribution in [0.25, 0.3) is 0 Å². The highest BCUT2D eigenvalue weighted by Crippen LogP contribution is 2.33. The Morgan fingerprint density at radius 2 is 1.96 bits per heavy atom. The standard InChI is InChI=1S/C14H19N5O2S2/c15-19-10-16-17-14(19)22-13-9-5-4-8-12(13)18-23(20,21)11-6-2-1-3-7-11/h1-3,6-7,10,12-13,18H,4-5,8-9,15H2/t12-,13-/m0/s1. The molecule has 23 heavy (non-hydrogen) atoms. The molecule has 1 aromatic heterocycles. The highest BCUT2D eigenvalue weighted by Gasteiger charge is 2.31. The van der Waals surface area contributed by atoms with Crippen LogP contribution in [0.5, 0.6) is 0 Å². The van der Waals surface area contributed by atoms with Crippen LogP contribution in [0.3, 0.4) is 0 Å². The van der Waals surface area contributed by atoms with Gasteiger partial charge in [0.15, 0.2) is 0 Å². The molecule has 1 saturated carbocycles. The molecule has 2 atom stereocenters. The van der Waals surface area contributed by atoms with Gasteiger partial charge in [-0.15, -0.1) is 10.2 Å². The Morgan fingerprint density at radius 3 is 2.65 bits per heavy atom. The molecule has 1 aliphatic rings. The Balaban J connectivity index is 1.75. The summed E-state index contributed by atoms with van der Waals surface area (Å²) in [5, 5.41) is 8.42. The average Bonchev–Trinajstić information content (AvgIpc) is 2.95. The Bertz CT molecular complexity index is 748. The Labute approximate surface area is 139 Å². The largest absolute Gasteiger partial charge is 0.336 e. The molecule has 1 heterocycles. The number of rotatable bonds is 5. The zero-order chi connectivity index (χ0) is 16.3. The summed E-state index contributed by atoms with van der Waals surface area (Å²) in [6.07, 6.45) is 5.24. The van der Waals surface area contributed by atoms with Gasteiger partial charge in [-0.1, -0.05) is 42.8 Å². The fraction of sp³-hybridized carbons (Fsp3) is 0.429. The van der Waals surface area contributed by atoms with Crippen molar-refractivity contribution in [3.63, 3.8) is 0 Å². The lowest BCUT2D eigenvalue weighted by atomic mass is 9.96. The first kappa shape index (κ1) is 16.3. The molecule has 1 fully saturated rings. The van der Waals surface area contributed by atoms with E-state index < -0.39 is 10.0 Å². The van der Waals surface area contributed by atoms with Crippen molar-refractivity contribution in [3.8, 4) is 0 Å². The summed E-state index contributed by atoms with van der Waals surface area (Å²) >= 11 is 1.48. The Hall–Kier alpha value is -1.58. The van der Waals surface area contributed by atoms with Gasteiger partial charge in [0, 0.05) is 11.3 Å². The van der Waals surface area contributed by atoms with Crippen LogP contribution in [0, 0.1) is 0 Å². The van der Waals surface area contributed by atoms with Crippen LogP contribution in [0.1, 0.15) is 25.7 Å². The number of benzene rings is 1. The molecule has 0 saturated heterocycles. The number of hydrogen-bond acceptors (Lipinski definition) is 6. The predicted octanol–water partition coefficient (Wildman–Crippen LogP) is 1.37. The Morgan fingerprint density at radius 1 is 1.22 bits per heavy atom. The minimum atomic E-state index is -3.52. The third-order valence-corrected chi connectivity index (χ3v) is 6.74. The van der Waals surface area contributed by atoms with Crippen molar-refractivity contribution < 1.29 is 8.42 Å². The summed E-state index contributed by atoms with van der Waals surface area (Å²) in [5.41, 5.74) is 0. The van der Waals surface area contributed by atoms with E-state index in [9.17, 15) is 8.42 Å². The molecule has 0 amide bonds. The molecule has 1 aliphatic carbocycles. The van der Waals surface area contributed by atoms with Gasteiger partial charge in [-0.25, -0.2) is 17.8 Å². The first-order chi connectivity index (χ1) is 11.1. The lowest BCUT2D eigenvalue weighted by Gasteiger charge is -2.31. The van der Waals surface area contributed by atoms with Crippen LogP contribution < -0.4 is 10.6 Å². The predicted molar refractivity (Wildman–Crippen MR) is 88.8 cm³/mol. The van der Waals surface area contributed by atoms with E-state index in [1.165, 1.54) is 22.8 Å². The van der Waals surface area contributed by atoms with Crippen LogP contribution in [-0.2, 0) is 10.0 Å². The summed E-state index contributed by atoms with van der Waals surface area (Å²) in [6, 6.07) is 8.30. The van der Waals surface area contributed by atoms with Crippen molar-refractivity contribution in [3.05, 3.63) is 36.7 Å². The minimum Gasteiger partial charge on any atom is -0.336 e. The lowest BCUT2D eigenvalue weighted by molar-refractivity contribution is 0.422. The van der Waals surface area contributed by atoms with Crippen molar-refractivity contribution in [2.45, 2.75) is 47.0 Å². The highest BCUT2D eigenvalue weighted by atomic mass is 32.2. The number of sulfonamides is 1. The fourth-order valence-corrected chi connectivity index (χ4v) is 5.30. The number of hydrogen-bond donors (Lipinski definition) is 2. The van der Waals surface area contributed by atoms with E-state index in [0.717, 1.165) is 25.7 Å². The van der Waals surface area contributed by atoms with Gasteiger partial charge in [-0.2, -0.15) is 0 Å². The van der Waals surface area contributed by atoms with E-state index in [2.05, 4.69) is 14.9 Å². The maximum atomic E-state index is 12.5. The van der Waals surface area contributed by atoms with Gasteiger partial charge in [0.05, 0.1) is 4.90 Å². The van der Waals surface area contributed by atoms with Crippen molar-refractivity contribution in [2.75, 3.05) is 5.84 Å². The van der Waals surface area contributed by atoms with Gasteiger partial charge in [0.1, 0.15) is 6.33 Å². The molecule has 2 aromatic rings. The molecule has 3 rings (SSSR count). The van der Waals surface area contributed by atoms with E-state index in [-0.39, 0.29) is 16.2 Å². The number of thioether (sulfide) groups is 1. The van der Waals surface area contributed by atoms with Gasteiger partial charge in [0.2, 0.25) is 15.2 Å². The van der Waals surface area contributed by atoms with Gasteiger partial charge >= 0.3 is 0 Å². The van der Waals surface area contributed by atoms with E-state index >= 15 is 0 Å². The molecular weight excluding hydrogens is 334 g/mol. The molecule has 124 valence electrons. The molecule has 1 aromatic carbocycles. The molecule has 0 unspecified atom stereocenters. The number of nitrogens with two attached hydrogens (primary N) is 1. The summed E-state index contributed by atoms with van der Waals surface area (Å²) in [5.74, 6) is 5.75. The second-order valence-electron chi connectivity index (χ2n) is 5.50. The SMILES string of the molecule is Nn1cnnc1S[C@H]1CCCC[C@@H]1NS(=O)(=O)c1ccccc1. The van der Waals surface area contributed by atoms with Gasteiger partial charge < -0.3 is 5.84 Å². The second-order valence-corrected chi connectivity index (χ2v) is 8.42. The average molecular weight is 353 g/mol. The first-order valence-electron chi connectivity index (χ1n) is 7.45. The number of nitrogen functional groups attached to an aromatic ring is 1. The summed E-state index contributed by atoms with van der Waals surface area (Å²) in [6.45, 7) is 0. The topological polar surface area (TPSA) is 103 Å². The number of aromatic nitrogens is 3. The quantitative estimate of drug-likeness (QED) is 0.787. The van der Waals surface area contributed by atoms with Crippen molar-refractivity contribution in [1.82, 2.24) is 19.6 Å². The van der Waals surface area contributed by atoms with Crippen molar-refractivity contribution in [2.24, 2.45) is 0 Å². The molecule has 0 bridgehead atoms. The summed E-state index contributed by atoms with van der Waals surface area (Å²) in [4.78, 5) is 0.288. The molecular formula is C14H19N5O2S2.